The number of halogens is 1. The molecule has 1 fully saturated rings. The van der Waals surface area contributed by atoms with Crippen molar-refractivity contribution in [2.75, 3.05) is 13.1 Å². The van der Waals surface area contributed by atoms with E-state index in [1.165, 1.54) is 24.3 Å². The zero-order valence-electron chi connectivity index (χ0n) is 16.0. The van der Waals surface area contributed by atoms with Gasteiger partial charge >= 0.3 is 6.03 Å². The van der Waals surface area contributed by atoms with Crippen molar-refractivity contribution in [2.24, 2.45) is 0 Å². The fourth-order valence-electron chi connectivity index (χ4n) is 3.19. The molecule has 0 unspecified atom stereocenters. The molecule has 6 nitrogen and oxygen atoms in total. The SMILES string of the molecule is Cc1cccc(C)c1OC1CCN(C(=O)NNC(=O)c2ccc(F)cc2)CC1. The highest BCUT2D eigenvalue weighted by molar-refractivity contribution is 5.95. The Hall–Kier alpha value is -3.09. The third-order valence-electron chi connectivity index (χ3n) is 4.81. The number of urea groups is 1. The van der Waals surface area contributed by atoms with Gasteiger partial charge in [0.05, 0.1) is 0 Å². The number of hydrazine groups is 1. The van der Waals surface area contributed by atoms with E-state index in [2.05, 4.69) is 10.9 Å². The molecule has 3 rings (SSSR count). The normalized spacial score (nSPS) is 14.5. The average Bonchev–Trinajstić information content (AvgIpc) is 2.70. The zero-order chi connectivity index (χ0) is 20.1. The first-order chi connectivity index (χ1) is 13.4. The van der Waals surface area contributed by atoms with Gasteiger partial charge in [0.1, 0.15) is 17.7 Å². The molecule has 1 heterocycles. The minimum atomic E-state index is -0.499. The Kier molecular flexibility index (Phi) is 6.13. The first-order valence-electron chi connectivity index (χ1n) is 9.27. The predicted octanol–water partition coefficient (Wildman–Crippen LogP) is 3.34. The average molecular weight is 385 g/mol. The summed E-state index contributed by atoms with van der Waals surface area (Å²) in [6, 6.07) is 10.8. The number of likely N-dealkylation sites (tertiary alicyclic amines) is 1. The van der Waals surface area contributed by atoms with Crippen molar-refractivity contribution in [3.8, 4) is 5.75 Å². The second-order valence-electron chi connectivity index (χ2n) is 6.92. The van der Waals surface area contributed by atoms with Crippen LogP contribution < -0.4 is 15.6 Å². The molecule has 0 radical (unpaired) electrons. The maximum Gasteiger partial charge on any atom is 0.336 e. The van der Waals surface area contributed by atoms with Gasteiger partial charge in [-0.1, -0.05) is 18.2 Å². The standard InChI is InChI=1S/C21H24FN3O3/c1-14-4-3-5-15(2)19(14)28-18-10-12-25(13-11-18)21(27)24-23-20(26)16-6-8-17(22)9-7-16/h3-9,18H,10-13H2,1-2H3,(H,23,26)(H,24,27). The summed E-state index contributed by atoms with van der Waals surface area (Å²) in [6.07, 6.45) is 1.48. The number of hydrogen-bond donors (Lipinski definition) is 2. The van der Waals surface area contributed by atoms with Crippen molar-refractivity contribution in [3.63, 3.8) is 0 Å². The molecule has 2 N–H and O–H groups in total. The first-order valence-corrected chi connectivity index (χ1v) is 9.27. The van der Waals surface area contributed by atoms with Gasteiger partial charge in [0.2, 0.25) is 0 Å². The Balaban J connectivity index is 1.46. The number of amides is 3. The summed E-state index contributed by atoms with van der Waals surface area (Å²) >= 11 is 0. The molecule has 3 amide bonds. The third kappa shape index (κ3) is 4.79. The van der Waals surface area contributed by atoms with Crippen LogP contribution in [0.15, 0.2) is 42.5 Å². The van der Waals surface area contributed by atoms with Gasteiger partial charge in [-0.2, -0.15) is 0 Å². The number of carbonyl (C=O) groups is 2. The summed E-state index contributed by atoms with van der Waals surface area (Å²) in [4.78, 5) is 25.9. The largest absolute Gasteiger partial charge is 0.490 e. The Bertz CT molecular complexity index is 826. The van der Waals surface area contributed by atoms with Crippen LogP contribution in [0.5, 0.6) is 5.75 Å². The molecule has 0 atom stereocenters. The van der Waals surface area contributed by atoms with Crippen LogP contribution in [0.1, 0.15) is 34.3 Å². The van der Waals surface area contributed by atoms with Crippen molar-refractivity contribution < 1.29 is 18.7 Å². The van der Waals surface area contributed by atoms with Crippen LogP contribution in [0.3, 0.4) is 0 Å². The Labute approximate surface area is 163 Å². The second-order valence-corrected chi connectivity index (χ2v) is 6.92. The van der Waals surface area contributed by atoms with E-state index in [1.807, 2.05) is 32.0 Å². The highest BCUT2D eigenvalue weighted by Crippen LogP contribution is 2.26. The number of ether oxygens (including phenoxy) is 1. The van der Waals surface area contributed by atoms with Gasteiger partial charge in [-0.15, -0.1) is 0 Å². The van der Waals surface area contributed by atoms with Gasteiger partial charge in [0, 0.05) is 31.5 Å². The predicted molar refractivity (Wildman–Crippen MR) is 104 cm³/mol. The summed E-state index contributed by atoms with van der Waals surface area (Å²) < 4.78 is 19.1. The van der Waals surface area contributed by atoms with Crippen LogP contribution in [0, 0.1) is 19.7 Å². The number of aryl methyl sites for hydroxylation is 2. The van der Waals surface area contributed by atoms with Crippen LogP contribution >= 0.6 is 0 Å². The summed E-state index contributed by atoms with van der Waals surface area (Å²) in [6.45, 7) is 5.12. The molecule has 7 heteroatoms. The molecule has 0 saturated carbocycles. The van der Waals surface area contributed by atoms with Crippen molar-refractivity contribution in [1.82, 2.24) is 15.8 Å². The molecule has 0 spiro atoms. The van der Waals surface area contributed by atoms with E-state index in [0.717, 1.165) is 16.9 Å². The van der Waals surface area contributed by atoms with Crippen molar-refractivity contribution in [1.29, 1.82) is 0 Å². The lowest BCUT2D eigenvalue weighted by atomic mass is 10.1. The van der Waals surface area contributed by atoms with Gasteiger partial charge in [-0.25, -0.2) is 14.6 Å². The number of carbonyl (C=O) groups excluding carboxylic acids is 2. The van der Waals surface area contributed by atoms with Crippen LogP contribution in [0.4, 0.5) is 9.18 Å². The smallest absolute Gasteiger partial charge is 0.336 e. The van der Waals surface area contributed by atoms with Crippen LogP contribution in [0.25, 0.3) is 0 Å². The first kappa shape index (κ1) is 19.7. The summed E-state index contributed by atoms with van der Waals surface area (Å²) in [7, 11) is 0. The van der Waals surface area contributed by atoms with Gasteiger partial charge < -0.3 is 9.64 Å². The third-order valence-corrected chi connectivity index (χ3v) is 4.81. The lowest BCUT2D eigenvalue weighted by Gasteiger charge is -2.32. The minimum Gasteiger partial charge on any atom is -0.490 e. The number of benzene rings is 2. The van der Waals surface area contributed by atoms with Crippen LogP contribution in [-0.2, 0) is 0 Å². The maximum atomic E-state index is 12.9. The number of rotatable bonds is 3. The lowest BCUT2D eigenvalue weighted by molar-refractivity contribution is 0.0905. The number of nitrogens with one attached hydrogen (secondary N) is 2. The molecule has 0 bridgehead atoms. The van der Waals surface area contributed by atoms with Gasteiger partial charge in [0.15, 0.2) is 0 Å². The van der Waals surface area contributed by atoms with E-state index < -0.39 is 11.7 Å². The fourth-order valence-corrected chi connectivity index (χ4v) is 3.19. The Morgan fingerprint density at radius 2 is 1.61 bits per heavy atom. The van der Waals surface area contributed by atoms with Gasteiger partial charge in [-0.3, -0.25) is 10.2 Å². The highest BCUT2D eigenvalue weighted by Gasteiger charge is 2.25. The molecule has 148 valence electrons. The quantitative estimate of drug-likeness (QED) is 0.796. The van der Waals surface area contributed by atoms with Gasteiger partial charge in [-0.05, 0) is 49.2 Å². The Morgan fingerprint density at radius 3 is 2.21 bits per heavy atom. The molecular weight excluding hydrogens is 361 g/mol. The molecule has 0 aliphatic carbocycles. The van der Waals surface area contributed by atoms with Crippen molar-refractivity contribution in [2.45, 2.75) is 32.8 Å². The second kappa shape index (κ2) is 8.73. The van der Waals surface area contributed by atoms with Crippen molar-refractivity contribution in [3.05, 3.63) is 65.0 Å². The molecule has 2 aromatic rings. The lowest BCUT2D eigenvalue weighted by Crippen LogP contribution is -2.52. The molecule has 2 aromatic carbocycles. The molecule has 0 aromatic heterocycles. The van der Waals surface area contributed by atoms with E-state index in [4.69, 9.17) is 4.74 Å². The van der Waals surface area contributed by atoms with Gasteiger partial charge in [0.25, 0.3) is 5.91 Å². The number of nitrogens with zero attached hydrogens (tertiary/aromatic N) is 1. The fraction of sp³-hybridized carbons (Fsp3) is 0.333. The van der Waals surface area contributed by atoms with E-state index >= 15 is 0 Å². The molecule has 1 aliphatic heterocycles. The monoisotopic (exact) mass is 385 g/mol. The topological polar surface area (TPSA) is 70.7 Å². The number of piperidine rings is 1. The minimum absolute atomic E-state index is 0.0534. The molecular formula is C21H24FN3O3. The maximum absolute atomic E-state index is 12.9. The summed E-state index contributed by atoms with van der Waals surface area (Å²) in [5, 5.41) is 0. The van der Waals surface area contributed by atoms with E-state index in [1.54, 1.807) is 4.90 Å². The molecule has 1 aliphatic rings. The van der Waals surface area contributed by atoms with E-state index in [9.17, 15) is 14.0 Å². The number of para-hydroxylation sites is 1. The van der Waals surface area contributed by atoms with Crippen LogP contribution in [-0.4, -0.2) is 36.0 Å². The van der Waals surface area contributed by atoms with E-state index in [-0.39, 0.29) is 17.7 Å². The summed E-state index contributed by atoms with van der Waals surface area (Å²) in [5.41, 5.74) is 7.22. The van der Waals surface area contributed by atoms with Crippen molar-refractivity contribution >= 4 is 11.9 Å². The summed E-state index contributed by atoms with van der Waals surface area (Å²) in [5.74, 6) is -0.00914. The Morgan fingerprint density at radius 1 is 1.00 bits per heavy atom. The number of hydrogen-bond acceptors (Lipinski definition) is 3. The zero-order valence-corrected chi connectivity index (χ0v) is 16.0. The molecule has 1 saturated heterocycles. The highest BCUT2D eigenvalue weighted by atomic mass is 19.1. The van der Waals surface area contributed by atoms with E-state index in [0.29, 0.717) is 25.9 Å². The van der Waals surface area contributed by atoms with Crippen LogP contribution in [0.2, 0.25) is 0 Å². The molecule has 28 heavy (non-hydrogen) atoms.